The van der Waals surface area contributed by atoms with Crippen molar-refractivity contribution in [2.45, 2.75) is 18.9 Å². The number of carboxylic acid groups (broad SMARTS) is 1. The van der Waals surface area contributed by atoms with E-state index in [-0.39, 0.29) is 18.9 Å². The molecule has 0 aliphatic carbocycles. The van der Waals surface area contributed by atoms with Crippen molar-refractivity contribution < 1.29 is 24.2 Å². The highest BCUT2D eigenvalue weighted by Gasteiger charge is 2.34. The van der Waals surface area contributed by atoms with E-state index in [0.717, 1.165) is 5.56 Å². The molecule has 1 aromatic rings. The molecule has 20 heavy (non-hydrogen) atoms. The van der Waals surface area contributed by atoms with Gasteiger partial charge in [0.25, 0.3) is 0 Å². The molecule has 0 heterocycles. The summed E-state index contributed by atoms with van der Waals surface area (Å²) in [5, 5.41) is 11.6. The molecule has 0 fully saturated rings. The summed E-state index contributed by atoms with van der Waals surface area (Å²) >= 11 is 0. The van der Waals surface area contributed by atoms with E-state index in [0.29, 0.717) is 5.75 Å². The first-order valence-corrected chi connectivity index (χ1v) is 6.07. The first-order valence-electron chi connectivity index (χ1n) is 6.07. The Kier molecular flexibility index (Phi) is 5.52. The summed E-state index contributed by atoms with van der Waals surface area (Å²) < 4.78 is 9.91. The molecule has 110 valence electrons. The molecule has 0 spiro atoms. The van der Waals surface area contributed by atoms with Crippen molar-refractivity contribution in [2.24, 2.45) is 0 Å². The average Bonchev–Trinajstić information content (AvgIpc) is 2.38. The summed E-state index contributed by atoms with van der Waals surface area (Å²) in [6, 6.07) is 7.05. The number of methoxy groups -OCH3 is 2. The molecule has 1 unspecified atom stereocenters. The molecule has 0 bridgehead atoms. The lowest BCUT2D eigenvalue weighted by atomic mass is 10.0. The van der Waals surface area contributed by atoms with Gasteiger partial charge < -0.3 is 19.9 Å². The first-order chi connectivity index (χ1) is 9.41. The minimum absolute atomic E-state index is 0.0732. The Labute approximate surface area is 117 Å². The van der Waals surface area contributed by atoms with Crippen LogP contribution in [0.2, 0.25) is 0 Å². The Morgan fingerprint density at radius 2 is 2.05 bits per heavy atom. The number of nitrogens with one attached hydrogen (secondary N) is 1. The second-order valence-electron chi connectivity index (χ2n) is 4.65. The van der Waals surface area contributed by atoms with Crippen LogP contribution in [-0.4, -0.2) is 43.3 Å². The van der Waals surface area contributed by atoms with Gasteiger partial charge in [-0.25, -0.2) is 4.79 Å². The van der Waals surface area contributed by atoms with Gasteiger partial charge in [0, 0.05) is 7.11 Å². The molecule has 0 aliphatic heterocycles. The number of hydrogen-bond acceptors (Lipinski definition) is 4. The van der Waals surface area contributed by atoms with Crippen LogP contribution in [-0.2, 0) is 20.7 Å². The number of rotatable bonds is 7. The van der Waals surface area contributed by atoms with Crippen LogP contribution < -0.4 is 10.1 Å². The fourth-order valence-corrected chi connectivity index (χ4v) is 1.76. The van der Waals surface area contributed by atoms with Crippen molar-refractivity contribution >= 4 is 11.9 Å². The number of hydrogen-bond donors (Lipinski definition) is 2. The maximum absolute atomic E-state index is 11.9. The molecule has 2 N–H and O–H groups in total. The zero-order chi connectivity index (χ0) is 15.2. The fourth-order valence-electron chi connectivity index (χ4n) is 1.76. The maximum atomic E-state index is 11.9. The van der Waals surface area contributed by atoms with Gasteiger partial charge in [0.15, 0.2) is 5.54 Å². The van der Waals surface area contributed by atoms with E-state index in [4.69, 9.17) is 14.6 Å². The van der Waals surface area contributed by atoms with Gasteiger partial charge in [-0.2, -0.15) is 0 Å². The van der Waals surface area contributed by atoms with Crippen molar-refractivity contribution in [3.8, 4) is 5.75 Å². The van der Waals surface area contributed by atoms with E-state index < -0.39 is 11.5 Å². The molecule has 0 radical (unpaired) electrons. The number of ether oxygens (including phenoxy) is 2. The molecule has 1 amide bonds. The first kappa shape index (κ1) is 16.0. The van der Waals surface area contributed by atoms with Crippen molar-refractivity contribution in [3.05, 3.63) is 29.8 Å². The second-order valence-corrected chi connectivity index (χ2v) is 4.65. The van der Waals surface area contributed by atoms with Crippen LogP contribution in [0, 0.1) is 0 Å². The monoisotopic (exact) mass is 281 g/mol. The van der Waals surface area contributed by atoms with Crippen LogP contribution in [0.15, 0.2) is 24.3 Å². The van der Waals surface area contributed by atoms with Gasteiger partial charge in [-0.1, -0.05) is 12.1 Å². The normalized spacial score (nSPS) is 13.3. The van der Waals surface area contributed by atoms with Crippen molar-refractivity contribution in [1.82, 2.24) is 5.32 Å². The summed E-state index contributed by atoms with van der Waals surface area (Å²) in [4.78, 5) is 23.1. The van der Waals surface area contributed by atoms with E-state index in [1.807, 2.05) is 0 Å². The Balaban J connectivity index is 2.73. The minimum Gasteiger partial charge on any atom is -0.497 e. The highest BCUT2D eigenvalue weighted by molar-refractivity contribution is 5.87. The standard InChI is InChI=1S/C14H19NO5/c1-14(9-19-2,13(17)18)15-12(16)8-10-5-4-6-11(7-10)20-3/h4-7H,8-9H2,1-3H3,(H,15,16)(H,17,18). The third-order valence-corrected chi connectivity index (χ3v) is 2.82. The van der Waals surface area contributed by atoms with Crippen LogP contribution in [0.4, 0.5) is 0 Å². The topological polar surface area (TPSA) is 84.9 Å². The van der Waals surface area contributed by atoms with Gasteiger partial charge in [0.1, 0.15) is 5.75 Å². The lowest BCUT2D eigenvalue weighted by molar-refractivity contribution is -0.149. The predicted molar refractivity (Wildman–Crippen MR) is 72.8 cm³/mol. The van der Waals surface area contributed by atoms with Crippen LogP contribution in [0.1, 0.15) is 12.5 Å². The molecule has 1 rings (SSSR count). The molecule has 0 saturated carbocycles. The zero-order valence-corrected chi connectivity index (χ0v) is 11.8. The SMILES string of the molecule is COCC(C)(NC(=O)Cc1cccc(OC)c1)C(=O)O. The Hall–Kier alpha value is -2.08. The van der Waals surface area contributed by atoms with Gasteiger partial charge in [-0.3, -0.25) is 4.79 Å². The molecule has 1 atom stereocenters. The summed E-state index contributed by atoms with van der Waals surface area (Å²) in [5.74, 6) is -0.883. The van der Waals surface area contributed by atoms with E-state index >= 15 is 0 Å². The number of aliphatic carboxylic acids is 1. The number of carbonyl (C=O) groups is 2. The summed E-state index contributed by atoms with van der Waals surface area (Å²) in [5.41, 5.74) is -0.697. The van der Waals surface area contributed by atoms with Gasteiger partial charge in [-0.15, -0.1) is 0 Å². The third-order valence-electron chi connectivity index (χ3n) is 2.82. The molecular weight excluding hydrogens is 262 g/mol. The molecule has 6 nitrogen and oxygen atoms in total. The Bertz CT molecular complexity index is 488. The summed E-state index contributed by atoms with van der Waals surface area (Å²) in [6.07, 6.45) is 0.0732. The highest BCUT2D eigenvalue weighted by atomic mass is 16.5. The Morgan fingerprint density at radius 1 is 1.35 bits per heavy atom. The van der Waals surface area contributed by atoms with Crippen molar-refractivity contribution in [3.63, 3.8) is 0 Å². The molecule has 0 saturated heterocycles. The van der Waals surface area contributed by atoms with Crippen molar-refractivity contribution in [2.75, 3.05) is 20.8 Å². The molecule has 1 aromatic carbocycles. The van der Waals surface area contributed by atoms with Gasteiger partial charge in [0.2, 0.25) is 5.91 Å². The van der Waals surface area contributed by atoms with E-state index in [1.165, 1.54) is 14.0 Å². The third kappa shape index (κ3) is 4.24. The van der Waals surface area contributed by atoms with Gasteiger partial charge >= 0.3 is 5.97 Å². The number of benzene rings is 1. The number of carboxylic acids is 1. The van der Waals surface area contributed by atoms with E-state index in [9.17, 15) is 9.59 Å². The maximum Gasteiger partial charge on any atom is 0.331 e. The largest absolute Gasteiger partial charge is 0.497 e. The van der Waals surface area contributed by atoms with Crippen LogP contribution in [0.3, 0.4) is 0 Å². The quantitative estimate of drug-likeness (QED) is 0.773. The van der Waals surface area contributed by atoms with Crippen molar-refractivity contribution in [1.29, 1.82) is 0 Å². The summed E-state index contributed by atoms with van der Waals surface area (Å²) in [7, 11) is 2.93. The second kappa shape index (κ2) is 6.91. The zero-order valence-electron chi connectivity index (χ0n) is 11.8. The number of amides is 1. The molecule has 0 aliphatic rings. The lowest BCUT2D eigenvalue weighted by Gasteiger charge is -2.25. The van der Waals surface area contributed by atoms with Crippen LogP contribution in [0.25, 0.3) is 0 Å². The van der Waals surface area contributed by atoms with E-state index in [2.05, 4.69) is 5.32 Å². The van der Waals surface area contributed by atoms with Crippen LogP contribution >= 0.6 is 0 Å². The highest BCUT2D eigenvalue weighted by Crippen LogP contribution is 2.13. The molecular formula is C14H19NO5. The van der Waals surface area contributed by atoms with Gasteiger partial charge in [-0.05, 0) is 24.6 Å². The smallest absolute Gasteiger partial charge is 0.331 e. The predicted octanol–water partition coefficient (Wildman–Crippen LogP) is 0.844. The molecule has 0 aromatic heterocycles. The number of carbonyl (C=O) groups excluding carboxylic acids is 1. The van der Waals surface area contributed by atoms with Gasteiger partial charge in [0.05, 0.1) is 20.1 Å². The average molecular weight is 281 g/mol. The lowest BCUT2D eigenvalue weighted by Crippen LogP contribution is -2.55. The fraction of sp³-hybridized carbons (Fsp3) is 0.429. The van der Waals surface area contributed by atoms with E-state index in [1.54, 1.807) is 31.4 Å². The van der Waals surface area contributed by atoms with Crippen LogP contribution in [0.5, 0.6) is 5.75 Å². The molecule has 6 heteroatoms. The summed E-state index contributed by atoms with van der Waals surface area (Å²) in [6.45, 7) is 1.30. The Morgan fingerprint density at radius 3 is 2.60 bits per heavy atom. The minimum atomic E-state index is -1.44.